The van der Waals surface area contributed by atoms with Crippen LogP contribution in [0, 0.1) is 0 Å². The lowest BCUT2D eigenvalue weighted by molar-refractivity contribution is 0.204. The van der Waals surface area contributed by atoms with Gasteiger partial charge in [0.2, 0.25) is 11.7 Å². The van der Waals surface area contributed by atoms with Crippen LogP contribution in [-0.4, -0.2) is 15.9 Å². The van der Waals surface area contributed by atoms with Crippen LogP contribution in [0.1, 0.15) is 38.1 Å². The zero-order valence-corrected chi connectivity index (χ0v) is 12.3. The molecule has 0 saturated heterocycles. The molecule has 0 fully saturated rings. The Morgan fingerprint density at radius 3 is 3.05 bits per heavy atom. The van der Waals surface area contributed by atoms with Gasteiger partial charge in [-0.3, -0.25) is 0 Å². The van der Waals surface area contributed by atoms with Crippen LogP contribution in [0.3, 0.4) is 0 Å². The van der Waals surface area contributed by atoms with Crippen LogP contribution < -0.4 is 10.5 Å². The Hall–Kier alpha value is -1.53. The van der Waals surface area contributed by atoms with E-state index in [0.29, 0.717) is 11.7 Å². The van der Waals surface area contributed by atoms with Crippen molar-refractivity contribution in [2.75, 3.05) is 5.75 Å². The van der Waals surface area contributed by atoms with Crippen LogP contribution in [0.2, 0.25) is 0 Å². The first kappa shape index (κ1) is 13.5. The first-order chi connectivity index (χ1) is 9.60. The van der Waals surface area contributed by atoms with E-state index in [-0.39, 0.29) is 6.10 Å². The van der Waals surface area contributed by atoms with Crippen molar-refractivity contribution in [2.45, 2.75) is 36.8 Å². The van der Waals surface area contributed by atoms with Crippen LogP contribution in [0.5, 0.6) is 5.75 Å². The minimum atomic E-state index is -0.592. The van der Waals surface area contributed by atoms with E-state index < -0.39 is 5.54 Å². The Bertz CT molecular complexity index is 612. The fraction of sp³-hybridized carbons (Fsp3) is 0.429. The molecule has 0 aliphatic carbocycles. The van der Waals surface area contributed by atoms with Gasteiger partial charge in [0, 0.05) is 10.6 Å². The van der Waals surface area contributed by atoms with Gasteiger partial charge in [-0.1, -0.05) is 24.2 Å². The van der Waals surface area contributed by atoms with Crippen molar-refractivity contribution >= 4 is 11.8 Å². The van der Waals surface area contributed by atoms with Gasteiger partial charge in [0.25, 0.3) is 0 Å². The lowest BCUT2D eigenvalue weighted by atomic mass is 10.0. The van der Waals surface area contributed by atoms with E-state index in [4.69, 9.17) is 15.0 Å². The number of ether oxygens (including phenoxy) is 1. The highest BCUT2D eigenvalue weighted by molar-refractivity contribution is 7.99. The summed E-state index contributed by atoms with van der Waals surface area (Å²) in [6, 6.07) is 7.96. The SMILES string of the molecule is CCC(C)(N)c1nc(C2CSc3ccccc3O2)no1. The standard InChI is InChI=1S/C14H17N3O2S/c1-3-14(2,15)13-16-12(17-19-13)10-8-20-11-7-5-4-6-9(11)18-10/h4-7,10H,3,8,15H2,1-2H3. The van der Waals surface area contributed by atoms with Crippen molar-refractivity contribution < 1.29 is 9.26 Å². The molecule has 1 aliphatic rings. The zero-order chi connectivity index (χ0) is 14.2. The second-order valence-electron chi connectivity index (χ2n) is 5.09. The lowest BCUT2D eigenvalue weighted by Gasteiger charge is -2.23. The molecule has 1 aromatic heterocycles. The highest BCUT2D eigenvalue weighted by Gasteiger charge is 2.30. The molecule has 5 nitrogen and oxygen atoms in total. The predicted molar refractivity (Wildman–Crippen MR) is 76.7 cm³/mol. The van der Waals surface area contributed by atoms with E-state index in [2.05, 4.69) is 10.1 Å². The van der Waals surface area contributed by atoms with E-state index in [9.17, 15) is 0 Å². The van der Waals surface area contributed by atoms with Crippen molar-refractivity contribution in [1.29, 1.82) is 0 Å². The number of rotatable bonds is 3. The summed E-state index contributed by atoms with van der Waals surface area (Å²) < 4.78 is 11.2. The van der Waals surface area contributed by atoms with Gasteiger partial charge in [0.1, 0.15) is 5.75 Å². The van der Waals surface area contributed by atoms with Crippen LogP contribution in [0.4, 0.5) is 0 Å². The van der Waals surface area contributed by atoms with Gasteiger partial charge in [-0.15, -0.1) is 11.8 Å². The van der Waals surface area contributed by atoms with Gasteiger partial charge in [0.05, 0.1) is 5.54 Å². The maximum atomic E-state index is 6.11. The van der Waals surface area contributed by atoms with E-state index >= 15 is 0 Å². The molecule has 2 unspecified atom stereocenters. The molecular weight excluding hydrogens is 274 g/mol. The van der Waals surface area contributed by atoms with Gasteiger partial charge in [-0.25, -0.2) is 0 Å². The molecule has 0 saturated carbocycles. The first-order valence-electron chi connectivity index (χ1n) is 6.61. The number of fused-ring (bicyclic) bond motifs is 1. The Labute approximate surface area is 121 Å². The van der Waals surface area contributed by atoms with Crippen LogP contribution in [0.25, 0.3) is 0 Å². The van der Waals surface area contributed by atoms with Crippen molar-refractivity contribution in [3.8, 4) is 5.75 Å². The monoisotopic (exact) mass is 291 g/mol. The average Bonchev–Trinajstić information content (AvgIpc) is 2.97. The molecule has 1 aromatic carbocycles. The first-order valence-corrected chi connectivity index (χ1v) is 7.60. The molecule has 20 heavy (non-hydrogen) atoms. The Balaban J connectivity index is 1.82. The number of benzene rings is 1. The number of nitrogens with two attached hydrogens (primary N) is 1. The van der Waals surface area contributed by atoms with Crippen LogP contribution in [-0.2, 0) is 5.54 Å². The molecule has 2 N–H and O–H groups in total. The minimum Gasteiger partial charge on any atom is -0.480 e. The van der Waals surface area contributed by atoms with Gasteiger partial charge in [-0.2, -0.15) is 4.98 Å². The molecule has 6 heteroatoms. The van der Waals surface area contributed by atoms with Crippen LogP contribution in [0.15, 0.2) is 33.7 Å². The van der Waals surface area contributed by atoms with Crippen LogP contribution >= 0.6 is 11.8 Å². The van der Waals surface area contributed by atoms with E-state index in [0.717, 1.165) is 22.8 Å². The maximum Gasteiger partial charge on any atom is 0.246 e. The predicted octanol–water partition coefficient (Wildman–Crippen LogP) is 2.88. The van der Waals surface area contributed by atoms with Crippen molar-refractivity contribution in [3.63, 3.8) is 0 Å². The summed E-state index contributed by atoms with van der Waals surface area (Å²) in [4.78, 5) is 5.55. The second kappa shape index (κ2) is 5.10. The van der Waals surface area contributed by atoms with Crippen molar-refractivity contribution in [3.05, 3.63) is 36.0 Å². The molecular formula is C14H17N3O2S. The lowest BCUT2D eigenvalue weighted by Crippen LogP contribution is -2.32. The van der Waals surface area contributed by atoms with Crippen molar-refractivity contribution in [2.24, 2.45) is 5.73 Å². The Morgan fingerprint density at radius 2 is 2.25 bits per heavy atom. The largest absolute Gasteiger partial charge is 0.480 e. The molecule has 0 spiro atoms. The van der Waals surface area contributed by atoms with E-state index in [1.54, 1.807) is 11.8 Å². The van der Waals surface area contributed by atoms with Gasteiger partial charge in [0.15, 0.2) is 6.10 Å². The number of nitrogens with zero attached hydrogens (tertiary/aromatic N) is 2. The molecule has 1 aliphatic heterocycles. The van der Waals surface area contributed by atoms with Gasteiger partial charge < -0.3 is 15.0 Å². The van der Waals surface area contributed by atoms with Gasteiger partial charge in [-0.05, 0) is 25.5 Å². The highest BCUT2D eigenvalue weighted by Crippen LogP contribution is 2.39. The molecule has 2 atom stereocenters. The third-order valence-corrected chi connectivity index (χ3v) is 4.58. The summed E-state index contributed by atoms with van der Waals surface area (Å²) in [6.07, 6.45) is 0.539. The van der Waals surface area contributed by atoms with E-state index in [1.165, 1.54) is 0 Å². The molecule has 2 heterocycles. The summed E-state index contributed by atoms with van der Waals surface area (Å²) in [5, 5.41) is 4.02. The smallest absolute Gasteiger partial charge is 0.246 e. The molecule has 106 valence electrons. The van der Waals surface area contributed by atoms with Crippen molar-refractivity contribution in [1.82, 2.24) is 10.1 Å². The average molecular weight is 291 g/mol. The summed E-state index contributed by atoms with van der Waals surface area (Å²) in [5.41, 5.74) is 5.52. The minimum absolute atomic E-state index is 0.194. The number of thioether (sulfide) groups is 1. The topological polar surface area (TPSA) is 74.2 Å². The molecule has 0 radical (unpaired) electrons. The zero-order valence-electron chi connectivity index (χ0n) is 11.5. The molecule has 0 bridgehead atoms. The van der Waals surface area contributed by atoms with Gasteiger partial charge >= 0.3 is 0 Å². The third-order valence-electron chi connectivity index (χ3n) is 3.46. The molecule has 2 aromatic rings. The fourth-order valence-electron chi connectivity index (χ4n) is 1.90. The summed E-state index contributed by atoms with van der Waals surface area (Å²) >= 11 is 1.74. The Kier molecular flexibility index (Phi) is 3.43. The van der Waals surface area contributed by atoms with E-state index in [1.807, 2.05) is 38.1 Å². The molecule has 3 rings (SSSR count). The number of hydrogen-bond donors (Lipinski definition) is 1. The Morgan fingerprint density at radius 1 is 1.45 bits per heavy atom. The summed E-state index contributed by atoms with van der Waals surface area (Å²) in [6.45, 7) is 3.88. The number of para-hydroxylation sites is 1. The third kappa shape index (κ3) is 2.41. The summed E-state index contributed by atoms with van der Waals surface area (Å²) in [5.74, 6) is 2.66. The molecule has 0 amide bonds. The second-order valence-corrected chi connectivity index (χ2v) is 6.15. The maximum absolute atomic E-state index is 6.11. The number of hydrogen-bond acceptors (Lipinski definition) is 6. The number of aromatic nitrogens is 2. The fourth-order valence-corrected chi connectivity index (χ4v) is 2.88. The normalized spacial score (nSPS) is 20.9. The quantitative estimate of drug-likeness (QED) is 0.937. The highest BCUT2D eigenvalue weighted by atomic mass is 32.2. The summed E-state index contributed by atoms with van der Waals surface area (Å²) in [7, 11) is 0.